The molecule has 2 amide bonds. The lowest BCUT2D eigenvalue weighted by molar-refractivity contribution is 0.101. The van der Waals surface area contributed by atoms with Gasteiger partial charge in [0.15, 0.2) is 0 Å². The third-order valence-electron chi connectivity index (χ3n) is 6.93. The lowest BCUT2D eigenvalue weighted by atomic mass is 10.2. The molecule has 0 saturated carbocycles. The average Bonchev–Trinajstić information content (AvgIpc) is 3.57. The predicted octanol–water partition coefficient (Wildman–Crippen LogP) is 8.27. The number of amides is 2. The lowest BCUT2D eigenvalue weighted by Gasteiger charge is -2.07. The quantitative estimate of drug-likeness (QED) is 0.124. The number of hydrogen-bond acceptors (Lipinski definition) is 5. The van der Waals surface area contributed by atoms with Gasteiger partial charge in [-0.05, 0) is 60.7 Å². The van der Waals surface area contributed by atoms with E-state index in [-0.39, 0.29) is 11.8 Å². The summed E-state index contributed by atoms with van der Waals surface area (Å²) in [5.41, 5.74) is 18.3. The van der Waals surface area contributed by atoms with Gasteiger partial charge >= 0.3 is 0 Å². The van der Waals surface area contributed by atoms with Crippen LogP contribution in [0.15, 0.2) is 164 Å². The number of H-pyrrole nitrogens is 1. The molecule has 0 aliphatic rings. The van der Waals surface area contributed by atoms with Crippen LogP contribution in [-0.2, 0) is 0 Å². The number of imidazole rings is 1. The summed E-state index contributed by atoms with van der Waals surface area (Å²) in [5, 5.41) is 5.53. The van der Waals surface area contributed by atoms with Crippen LogP contribution in [0.3, 0.4) is 0 Å². The van der Waals surface area contributed by atoms with Gasteiger partial charge in [0.1, 0.15) is 5.82 Å². The molecule has 8 heteroatoms. The Balaban J connectivity index is 0.000000138. The molecule has 0 radical (unpaired) electrons. The number of benzene rings is 6. The molecule has 232 valence electrons. The van der Waals surface area contributed by atoms with Crippen LogP contribution in [0.5, 0.6) is 0 Å². The first-order valence-electron chi connectivity index (χ1n) is 14.9. The van der Waals surface area contributed by atoms with Gasteiger partial charge in [-0.3, -0.25) is 9.59 Å². The summed E-state index contributed by atoms with van der Waals surface area (Å²) in [7, 11) is 0. The van der Waals surface area contributed by atoms with E-state index in [4.69, 9.17) is 11.5 Å². The number of nitrogen functional groups attached to an aromatic ring is 2. The van der Waals surface area contributed by atoms with Crippen molar-refractivity contribution in [3.63, 3.8) is 0 Å². The second-order valence-corrected chi connectivity index (χ2v) is 10.3. The van der Waals surface area contributed by atoms with Gasteiger partial charge in [-0.2, -0.15) is 0 Å². The van der Waals surface area contributed by atoms with Crippen molar-refractivity contribution in [1.82, 2.24) is 9.97 Å². The third kappa shape index (κ3) is 8.93. The molecule has 7 rings (SSSR count). The molecule has 0 bridgehead atoms. The van der Waals surface area contributed by atoms with Crippen molar-refractivity contribution < 1.29 is 9.59 Å². The van der Waals surface area contributed by atoms with E-state index in [1.54, 1.807) is 48.5 Å². The Morgan fingerprint density at radius 1 is 0.489 bits per heavy atom. The van der Waals surface area contributed by atoms with Crippen molar-refractivity contribution in [3.05, 3.63) is 175 Å². The summed E-state index contributed by atoms with van der Waals surface area (Å²) in [6.45, 7) is 0. The second kappa shape index (κ2) is 15.9. The average molecular weight is 619 g/mol. The highest BCUT2D eigenvalue weighted by Gasteiger charge is 2.07. The predicted molar refractivity (Wildman–Crippen MR) is 192 cm³/mol. The number of aromatic nitrogens is 2. The molecule has 6 aromatic carbocycles. The Morgan fingerprint density at radius 2 is 0.894 bits per heavy atom. The molecule has 7 aromatic rings. The molecule has 0 aliphatic carbocycles. The molecule has 0 aliphatic heterocycles. The number of nitrogens with zero attached hydrogens (tertiary/aromatic N) is 1. The summed E-state index contributed by atoms with van der Waals surface area (Å²) >= 11 is 0. The zero-order chi connectivity index (χ0) is 32.8. The Labute approximate surface area is 273 Å². The minimum absolute atomic E-state index is 0.154. The highest BCUT2D eigenvalue weighted by molar-refractivity contribution is 6.06. The standard InChI is InChI=1S/2C13H12N2O.C13H10N2/c2*14-11-8-4-5-9-12(11)15-13(16)10-6-2-1-3-7-10;1-2-6-10(7-3-1)13-14-11-8-4-5-9-12(11)15-13/h2*1-9H,14H2,(H,15,16);1-9H,(H,14,15). The normalized spacial score (nSPS) is 10.0. The van der Waals surface area contributed by atoms with Crippen LogP contribution in [-0.4, -0.2) is 21.8 Å². The summed E-state index contributed by atoms with van der Waals surface area (Å²) in [4.78, 5) is 31.4. The highest BCUT2D eigenvalue weighted by atomic mass is 16.2. The largest absolute Gasteiger partial charge is 0.397 e. The SMILES string of the molecule is Nc1ccccc1NC(=O)c1ccccc1.Nc1ccccc1NC(=O)c1ccccc1.c1ccc(-c2nc3ccccc3[nH]2)cc1. The molecule has 7 N–H and O–H groups in total. The first kappa shape index (κ1) is 31.7. The Hall–Kier alpha value is -6.67. The van der Waals surface area contributed by atoms with E-state index in [2.05, 4.69) is 32.7 Å². The lowest BCUT2D eigenvalue weighted by Crippen LogP contribution is -2.12. The highest BCUT2D eigenvalue weighted by Crippen LogP contribution is 2.20. The van der Waals surface area contributed by atoms with E-state index in [1.165, 1.54) is 0 Å². The summed E-state index contributed by atoms with van der Waals surface area (Å²) in [6, 6.07) is 50.6. The van der Waals surface area contributed by atoms with E-state index >= 15 is 0 Å². The van der Waals surface area contributed by atoms with Crippen molar-refractivity contribution in [1.29, 1.82) is 0 Å². The van der Waals surface area contributed by atoms with Crippen LogP contribution < -0.4 is 22.1 Å². The maximum absolute atomic E-state index is 11.8. The number of carbonyl (C=O) groups excluding carboxylic acids is 2. The summed E-state index contributed by atoms with van der Waals surface area (Å²) in [5.74, 6) is 0.619. The summed E-state index contributed by atoms with van der Waals surface area (Å²) in [6.07, 6.45) is 0. The Morgan fingerprint density at radius 3 is 1.36 bits per heavy atom. The fourth-order valence-electron chi connectivity index (χ4n) is 4.48. The molecule has 1 aromatic heterocycles. The topological polar surface area (TPSA) is 139 Å². The Bertz CT molecular complexity index is 1920. The maximum atomic E-state index is 11.8. The smallest absolute Gasteiger partial charge is 0.255 e. The molecular formula is C39H34N6O2. The Kier molecular flexibility index (Phi) is 10.7. The van der Waals surface area contributed by atoms with Gasteiger partial charge in [-0.25, -0.2) is 4.98 Å². The number of fused-ring (bicyclic) bond motifs is 1. The first-order chi connectivity index (χ1) is 23.0. The monoisotopic (exact) mass is 618 g/mol. The maximum Gasteiger partial charge on any atom is 0.255 e. The number of anilines is 4. The van der Waals surface area contributed by atoms with Crippen molar-refractivity contribution in [3.8, 4) is 11.4 Å². The van der Waals surface area contributed by atoms with E-state index in [0.717, 1.165) is 22.4 Å². The number of aromatic amines is 1. The van der Waals surface area contributed by atoms with Crippen molar-refractivity contribution >= 4 is 45.6 Å². The van der Waals surface area contributed by atoms with E-state index in [0.29, 0.717) is 33.9 Å². The minimum atomic E-state index is -0.154. The van der Waals surface area contributed by atoms with Crippen LogP contribution in [0, 0.1) is 0 Å². The first-order valence-corrected chi connectivity index (χ1v) is 14.9. The van der Waals surface area contributed by atoms with Gasteiger partial charge < -0.3 is 27.1 Å². The number of nitrogens with one attached hydrogen (secondary N) is 3. The molecule has 0 unspecified atom stereocenters. The van der Waals surface area contributed by atoms with Crippen molar-refractivity contribution in [2.45, 2.75) is 0 Å². The molecule has 8 nitrogen and oxygen atoms in total. The van der Waals surface area contributed by atoms with Crippen molar-refractivity contribution in [2.24, 2.45) is 0 Å². The molecule has 0 spiro atoms. The van der Waals surface area contributed by atoms with Crippen LogP contribution in [0.2, 0.25) is 0 Å². The fraction of sp³-hybridized carbons (Fsp3) is 0. The zero-order valence-corrected chi connectivity index (χ0v) is 25.5. The van der Waals surface area contributed by atoms with Crippen LogP contribution >= 0.6 is 0 Å². The van der Waals surface area contributed by atoms with E-state index in [1.807, 2.05) is 103 Å². The van der Waals surface area contributed by atoms with Crippen LogP contribution in [0.1, 0.15) is 20.7 Å². The molecule has 0 atom stereocenters. The third-order valence-corrected chi connectivity index (χ3v) is 6.93. The van der Waals surface area contributed by atoms with E-state index in [9.17, 15) is 9.59 Å². The minimum Gasteiger partial charge on any atom is -0.397 e. The number of nitrogens with two attached hydrogens (primary N) is 2. The van der Waals surface area contributed by atoms with Crippen LogP contribution in [0.4, 0.5) is 22.7 Å². The molecule has 1 heterocycles. The number of carbonyl (C=O) groups is 2. The number of rotatable bonds is 5. The van der Waals surface area contributed by atoms with Gasteiger partial charge in [-0.1, -0.05) is 103 Å². The second-order valence-electron chi connectivity index (χ2n) is 10.3. The molecular weight excluding hydrogens is 584 g/mol. The van der Waals surface area contributed by atoms with Crippen LogP contribution in [0.25, 0.3) is 22.4 Å². The van der Waals surface area contributed by atoms with Gasteiger partial charge in [0, 0.05) is 16.7 Å². The fourth-order valence-corrected chi connectivity index (χ4v) is 4.48. The number of para-hydroxylation sites is 6. The van der Waals surface area contributed by atoms with Gasteiger partial charge in [0.25, 0.3) is 11.8 Å². The molecule has 0 fully saturated rings. The van der Waals surface area contributed by atoms with Gasteiger partial charge in [0.05, 0.1) is 33.8 Å². The molecule has 47 heavy (non-hydrogen) atoms. The summed E-state index contributed by atoms with van der Waals surface area (Å²) < 4.78 is 0. The van der Waals surface area contributed by atoms with Gasteiger partial charge in [0.2, 0.25) is 0 Å². The van der Waals surface area contributed by atoms with Gasteiger partial charge in [-0.15, -0.1) is 0 Å². The molecule has 0 saturated heterocycles. The zero-order valence-electron chi connectivity index (χ0n) is 25.5. The van der Waals surface area contributed by atoms with E-state index < -0.39 is 0 Å². The number of hydrogen-bond donors (Lipinski definition) is 5. The van der Waals surface area contributed by atoms with Crippen molar-refractivity contribution in [2.75, 3.05) is 22.1 Å².